The van der Waals surface area contributed by atoms with Gasteiger partial charge in [-0.05, 0) is 36.4 Å². The normalized spacial score (nSPS) is 14.3. The minimum Gasteiger partial charge on any atom is -0.453 e. The monoisotopic (exact) mass is 643 g/mol. The maximum atomic E-state index is 13.0. The topological polar surface area (TPSA) is 198 Å². The Balaban J connectivity index is 2.01. The molecule has 3 aromatic rings. The van der Waals surface area contributed by atoms with Crippen molar-refractivity contribution in [2.75, 3.05) is 33.5 Å². The van der Waals surface area contributed by atoms with Gasteiger partial charge in [0.1, 0.15) is 17.9 Å². The summed E-state index contributed by atoms with van der Waals surface area (Å²) in [6.07, 6.45) is -1.97. The lowest BCUT2D eigenvalue weighted by Crippen LogP contribution is -2.53. The van der Waals surface area contributed by atoms with Crippen molar-refractivity contribution in [2.24, 2.45) is 11.8 Å². The highest BCUT2D eigenvalue weighted by Gasteiger charge is 2.53. The van der Waals surface area contributed by atoms with Crippen LogP contribution in [-0.2, 0) is 32.9 Å². The standard InChI is InChI=1S/C29H36N6O9P/c1-17(2)27(37)42-23(21-12-13-22-25(31)32-16-33-35(21)22)24(43-28(38)18(3)4)29(14-30,40-7)15-41-45(39)44-20-10-8-19(9-11-20)26(36)34(5)6/h8-13,16-18,23-24H,15H2,1-7H3,(H2,31,32,33)/q+1/t23-,24-,29?/m0/s1. The first-order valence-corrected chi connectivity index (χ1v) is 14.9. The minimum atomic E-state index is -2.92. The highest BCUT2D eigenvalue weighted by molar-refractivity contribution is 7.33. The predicted molar refractivity (Wildman–Crippen MR) is 160 cm³/mol. The highest BCUT2D eigenvalue weighted by Crippen LogP contribution is 2.38. The number of hydrogen-bond acceptors (Lipinski definition) is 13. The molecule has 0 bridgehead atoms. The molecule has 1 aromatic carbocycles. The van der Waals surface area contributed by atoms with E-state index >= 15 is 0 Å². The second kappa shape index (κ2) is 14.9. The van der Waals surface area contributed by atoms with Gasteiger partial charge in [-0.2, -0.15) is 10.4 Å². The molecule has 2 N–H and O–H groups in total. The Kier molecular flexibility index (Phi) is 11.5. The summed E-state index contributed by atoms with van der Waals surface area (Å²) in [5, 5.41) is 14.7. The van der Waals surface area contributed by atoms with Crippen LogP contribution in [0, 0.1) is 23.2 Å². The van der Waals surface area contributed by atoms with Crippen LogP contribution in [0.25, 0.3) is 5.52 Å². The fraction of sp³-hybridized carbons (Fsp3) is 0.448. The summed E-state index contributed by atoms with van der Waals surface area (Å²) in [5.74, 6) is -2.70. The second-order valence-electron chi connectivity index (χ2n) is 10.7. The van der Waals surface area contributed by atoms with Gasteiger partial charge in [0.15, 0.2) is 30.4 Å². The number of ether oxygens (including phenoxy) is 3. The number of nitrogens with two attached hydrogens (primary N) is 1. The van der Waals surface area contributed by atoms with Gasteiger partial charge in [-0.15, -0.1) is 4.52 Å². The number of fused-ring (bicyclic) bond motifs is 1. The van der Waals surface area contributed by atoms with Crippen molar-refractivity contribution < 1.29 is 42.2 Å². The molecule has 0 fully saturated rings. The molecule has 16 heteroatoms. The van der Waals surface area contributed by atoms with Gasteiger partial charge in [0, 0.05) is 31.3 Å². The summed E-state index contributed by atoms with van der Waals surface area (Å²) in [5.41, 5.74) is 4.74. The van der Waals surface area contributed by atoms with Crippen molar-refractivity contribution >= 4 is 37.4 Å². The number of amides is 1. The van der Waals surface area contributed by atoms with Crippen molar-refractivity contribution in [3.8, 4) is 11.8 Å². The molecule has 0 spiro atoms. The molecule has 15 nitrogen and oxygen atoms in total. The Bertz CT molecular complexity index is 1590. The SMILES string of the molecule is COC(C#N)(CO[P+](=O)Oc1ccc(C(=O)N(C)C)cc1)[C@@H](OC(=O)C(C)C)[C@@H](OC(=O)C(C)C)c1ccc2c(N)ncnn12. The number of esters is 2. The molecule has 0 aliphatic rings. The molecule has 45 heavy (non-hydrogen) atoms. The average molecular weight is 644 g/mol. The summed E-state index contributed by atoms with van der Waals surface area (Å²) in [6.45, 7) is 5.61. The number of aromatic nitrogens is 3. The average Bonchev–Trinajstić information content (AvgIpc) is 3.45. The van der Waals surface area contributed by atoms with E-state index in [-0.39, 0.29) is 23.2 Å². The first-order valence-electron chi connectivity index (χ1n) is 13.8. The van der Waals surface area contributed by atoms with Gasteiger partial charge in [0.2, 0.25) is 5.60 Å². The van der Waals surface area contributed by atoms with E-state index in [0.29, 0.717) is 11.1 Å². The number of nitriles is 1. The van der Waals surface area contributed by atoms with Crippen LogP contribution in [0.4, 0.5) is 5.82 Å². The smallest absolute Gasteiger partial charge is 0.453 e. The molecule has 0 radical (unpaired) electrons. The number of nitrogens with zero attached hydrogens (tertiary/aromatic N) is 5. The van der Waals surface area contributed by atoms with Crippen molar-refractivity contribution in [3.05, 3.63) is 54.0 Å². The van der Waals surface area contributed by atoms with E-state index in [0.717, 1.165) is 7.11 Å². The Morgan fingerprint density at radius 3 is 2.22 bits per heavy atom. The van der Waals surface area contributed by atoms with Crippen molar-refractivity contribution in [3.63, 3.8) is 0 Å². The lowest BCUT2D eigenvalue weighted by Gasteiger charge is -2.36. The first-order chi connectivity index (χ1) is 21.2. The zero-order chi connectivity index (χ0) is 33.5. The van der Waals surface area contributed by atoms with E-state index in [1.54, 1.807) is 47.9 Å². The molecule has 0 aliphatic heterocycles. The van der Waals surface area contributed by atoms with Crippen LogP contribution < -0.4 is 10.3 Å². The van der Waals surface area contributed by atoms with Crippen LogP contribution >= 0.6 is 8.25 Å². The zero-order valence-corrected chi connectivity index (χ0v) is 26.9. The Hall–Kier alpha value is -4.64. The van der Waals surface area contributed by atoms with Gasteiger partial charge in [0.25, 0.3) is 5.91 Å². The lowest BCUT2D eigenvalue weighted by atomic mass is 9.92. The molecular weight excluding hydrogens is 607 g/mol. The van der Waals surface area contributed by atoms with Crippen molar-refractivity contribution in [1.82, 2.24) is 19.5 Å². The molecule has 0 saturated carbocycles. The largest absolute Gasteiger partial charge is 0.750 e. The number of methoxy groups -OCH3 is 1. The maximum Gasteiger partial charge on any atom is 0.750 e. The van der Waals surface area contributed by atoms with Crippen LogP contribution in [0.1, 0.15) is 49.9 Å². The van der Waals surface area contributed by atoms with Gasteiger partial charge < -0.3 is 24.8 Å². The number of hydrogen-bond donors (Lipinski definition) is 1. The lowest BCUT2D eigenvalue weighted by molar-refractivity contribution is -0.197. The molecule has 0 saturated heterocycles. The van der Waals surface area contributed by atoms with Gasteiger partial charge in [-0.25, -0.2) is 14.0 Å². The number of nitrogen functional groups attached to an aromatic ring is 1. The van der Waals surface area contributed by atoms with E-state index in [9.17, 15) is 24.2 Å². The molecule has 3 rings (SSSR count). The molecule has 2 aromatic heterocycles. The minimum absolute atomic E-state index is 0.120. The second-order valence-corrected chi connectivity index (χ2v) is 11.6. The highest BCUT2D eigenvalue weighted by atomic mass is 31.1. The van der Waals surface area contributed by atoms with Gasteiger partial charge in [0.05, 0.1) is 17.5 Å². The van der Waals surface area contributed by atoms with E-state index in [1.165, 1.54) is 46.1 Å². The quantitative estimate of drug-likeness (QED) is 0.198. The van der Waals surface area contributed by atoms with Crippen LogP contribution in [0.5, 0.6) is 5.75 Å². The summed E-state index contributed by atoms with van der Waals surface area (Å²) in [4.78, 5) is 43.5. The molecule has 0 aliphatic carbocycles. The first kappa shape index (κ1) is 34.8. The van der Waals surface area contributed by atoms with E-state index in [4.69, 9.17) is 29.0 Å². The molecular formula is C29H36N6O9P+. The maximum absolute atomic E-state index is 13.0. The number of carbonyl (C=O) groups is 3. The third-order valence-corrected chi connectivity index (χ3v) is 7.29. The van der Waals surface area contributed by atoms with E-state index in [2.05, 4.69) is 10.1 Å². The summed E-state index contributed by atoms with van der Waals surface area (Å²) >= 11 is 0. The molecule has 4 atom stereocenters. The molecule has 2 unspecified atom stereocenters. The van der Waals surface area contributed by atoms with Crippen molar-refractivity contribution in [1.29, 1.82) is 5.26 Å². The van der Waals surface area contributed by atoms with Gasteiger partial charge in [-0.3, -0.25) is 14.4 Å². The third kappa shape index (κ3) is 8.10. The van der Waals surface area contributed by atoms with Crippen LogP contribution in [-0.4, -0.2) is 76.9 Å². The third-order valence-electron chi connectivity index (χ3n) is 6.59. The fourth-order valence-electron chi connectivity index (χ4n) is 3.97. The van der Waals surface area contributed by atoms with Crippen LogP contribution in [0.2, 0.25) is 0 Å². The number of anilines is 1. The Morgan fingerprint density at radius 1 is 1.04 bits per heavy atom. The van der Waals surface area contributed by atoms with E-state index < -0.39 is 56.4 Å². The number of rotatable bonds is 14. The zero-order valence-electron chi connectivity index (χ0n) is 26.0. The molecule has 240 valence electrons. The summed E-state index contributed by atoms with van der Waals surface area (Å²) < 4.78 is 42.3. The van der Waals surface area contributed by atoms with E-state index in [1.807, 2.05) is 6.07 Å². The summed E-state index contributed by atoms with van der Waals surface area (Å²) in [7, 11) is 1.46. The van der Waals surface area contributed by atoms with Gasteiger partial charge in [-0.1, -0.05) is 27.7 Å². The summed E-state index contributed by atoms with van der Waals surface area (Å²) in [6, 6.07) is 10.9. The Labute approximate surface area is 261 Å². The van der Waals surface area contributed by atoms with Crippen molar-refractivity contribution in [2.45, 2.75) is 45.5 Å². The fourth-order valence-corrected chi connectivity index (χ4v) is 4.61. The predicted octanol–water partition coefficient (Wildman–Crippen LogP) is 3.48. The van der Waals surface area contributed by atoms with Gasteiger partial charge >= 0.3 is 20.2 Å². The molecule has 2 heterocycles. The molecule has 1 amide bonds. The number of benzene rings is 1. The van der Waals surface area contributed by atoms with Crippen LogP contribution in [0.3, 0.4) is 0 Å². The van der Waals surface area contributed by atoms with Crippen LogP contribution in [0.15, 0.2) is 42.7 Å². The Morgan fingerprint density at radius 2 is 1.67 bits per heavy atom. The number of carbonyl (C=O) groups excluding carboxylic acids is 3.